The second-order valence-corrected chi connectivity index (χ2v) is 11.5. The molecule has 7 N–H and O–H groups in total. The monoisotopic (exact) mass is 574 g/mol. The summed E-state index contributed by atoms with van der Waals surface area (Å²) in [6.45, 7) is 4.28. The van der Waals surface area contributed by atoms with Crippen LogP contribution in [0.15, 0.2) is 60.8 Å². The van der Waals surface area contributed by atoms with Crippen LogP contribution in [0.1, 0.15) is 50.7 Å². The van der Waals surface area contributed by atoms with E-state index in [9.17, 15) is 19.2 Å². The van der Waals surface area contributed by atoms with Gasteiger partial charge in [-0.15, -0.1) is 0 Å². The fraction of sp³-hybridized carbons (Fsp3) is 0.438. The second kappa shape index (κ2) is 14.2. The molecule has 1 aliphatic rings. The highest BCUT2D eigenvalue weighted by atomic mass is 16.2. The predicted octanol–water partition coefficient (Wildman–Crippen LogP) is 2.16. The van der Waals surface area contributed by atoms with Gasteiger partial charge in [-0.1, -0.05) is 62.4 Å². The molecule has 2 heterocycles. The standard InChI is InChI=1S/C32H42N6O4/c1-20(2)16-27-32(42)38(31(41)24(34)17-21-10-4-3-5-11-21)28(14-8-9-15-33)30(40)36-26(29(39)37-27)18-22-19-35-25-13-7-6-12-23(22)25/h3-7,10-13,19-20,24,26-28,35H,8-9,14-18,33-34H2,1-2H3,(H,36,40)(H,37,39)/t24-,26-,27+,28+/m0/s1. The molecule has 4 amide bonds. The summed E-state index contributed by atoms with van der Waals surface area (Å²) in [7, 11) is 0. The first-order valence-corrected chi connectivity index (χ1v) is 14.7. The minimum atomic E-state index is -1.13. The summed E-state index contributed by atoms with van der Waals surface area (Å²) in [6.07, 6.45) is 3.87. The Morgan fingerprint density at radius 3 is 2.33 bits per heavy atom. The highest BCUT2D eigenvalue weighted by Gasteiger charge is 2.43. The maximum absolute atomic E-state index is 14.1. The van der Waals surface area contributed by atoms with Gasteiger partial charge in [0, 0.05) is 23.5 Å². The van der Waals surface area contributed by atoms with Gasteiger partial charge in [-0.2, -0.15) is 0 Å². The molecule has 0 saturated carbocycles. The molecule has 0 spiro atoms. The highest BCUT2D eigenvalue weighted by molar-refractivity contribution is 6.06. The van der Waals surface area contributed by atoms with Gasteiger partial charge >= 0.3 is 0 Å². The zero-order valence-electron chi connectivity index (χ0n) is 24.3. The van der Waals surface area contributed by atoms with E-state index in [4.69, 9.17) is 11.5 Å². The summed E-state index contributed by atoms with van der Waals surface area (Å²) < 4.78 is 0. The fourth-order valence-corrected chi connectivity index (χ4v) is 5.54. The van der Waals surface area contributed by atoms with Crippen LogP contribution in [-0.4, -0.2) is 64.2 Å². The number of fused-ring (bicyclic) bond motifs is 1. The molecule has 1 aromatic heterocycles. The summed E-state index contributed by atoms with van der Waals surface area (Å²) in [5, 5.41) is 6.68. The van der Waals surface area contributed by atoms with Crippen molar-refractivity contribution in [3.05, 3.63) is 71.9 Å². The number of nitrogens with two attached hydrogens (primary N) is 2. The normalized spacial score (nSPS) is 20.5. The van der Waals surface area contributed by atoms with Gasteiger partial charge in [0.15, 0.2) is 0 Å². The van der Waals surface area contributed by atoms with Crippen LogP contribution in [0.5, 0.6) is 0 Å². The van der Waals surface area contributed by atoms with Crippen molar-refractivity contribution in [1.29, 1.82) is 0 Å². The quantitative estimate of drug-likeness (QED) is 0.220. The first-order chi connectivity index (χ1) is 20.2. The molecule has 3 aromatic rings. The number of H-pyrrole nitrogens is 1. The van der Waals surface area contributed by atoms with E-state index in [0.29, 0.717) is 25.8 Å². The van der Waals surface area contributed by atoms with Crippen molar-refractivity contribution in [2.75, 3.05) is 6.54 Å². The van der Waals surface area contributed by atoms with Crippen molar-refractivity contribution in [3.8, 4) is 0 Å². The van der Waals surface area contributed by atoms with Crippen molar-refractivity contribution in [3.63, 3.8) is 0 Å². The average Bonchev–Trinajstić information content (AvgIpc) is 3.38. The van der Waals surface area contributed by atoms with E-state index in [1.54, 1.807) is 0 Å². The molecule has 224 valence electrons. The van der Waals surface area contributed by atoms with E-state index in [-0.39, 0.29) is 25.2 Å². The molecule has 0 bridgehead atoms. The summed E-state index contributed by atoms with van der Waals surface area (Å²) in [4.78, 5) is 59.9. The number of amides is 4. The number of unbranched alkanes of at least 4 members (excludes halogenated alkanes) is 1. The molecule has 0 unspecified atom stereocenters. The number of rotatable bonds is 11. The number of hydrogen-bond acceptors (Lipinski definition) is 6. The largest absolute Gasteiger partial charge is 0.361 e. The Labute approximate surface area is 246 Å². The van der Waals surface area contributed by atoms with Crippen LogP contribution in [0.3, 0.4) is 0 Å². The van der Waals surface area contributed by atoms with Gasteiger partial charge in [0.05, 0.1) is 6.04 Å². The summed E-state index contributed by atoms with van der Waals surface area (Å²) >= 11 is 0. The summed E-state index contributed by atoms with van der Waals surface area (Å²) in [5.74, 6) is -2.27. The topological polar surface area (TPSA) is 163 Å². The first kappa shape index (κ1) is 30.9. The van der Waals surface area contributed by atoms with Gasteiger partial charge < -0.3 is 27.1 Å². The van der Waals surface area contributed by atoms with E-state index < -0.39 is 47.8 Å². The highest BCUT2D eigenvalue weighted by Crippen LogP contribution is 2.22. The lowest BCUT2D eigenvalue weighted by atomic mass is 9.98. The third-order valence-electron chi connectivity index (χ3n) is 7.69. The lowest BCUT2D eigenvalue weighted by molar-refractivity contribution is -0.154. The molecule has 10 heteroatoms. The number of carbonyl (C=O) groups is 4. The van der Waals surface area contributed by atoms with E-state index >= 15 is 0 Å². The van der Waals surface area contributed by atoms with E-state index in [1.807, 2.05) is 74.6 Å². The van der Waals surface area contributed by atoms with Gasteiger partial charge in [-0.25, -0.2) is 0 Å². The smallest absolute Gasteiger partial charge is 0.252 e. The third kappa shape index (κ3) is 7.43. The van der Waals surface area contributed by atoms with Crippen LogP contribution in [0.2, 0.25) is 0 Å². The van der Waals surface area contributed by atoms with Gasteiger partial charge in [0.25, 0.3) is 5.91 Å². The molecule has 2 aromatic carbocycles. The van der Waals surface area contributed by atoms with Crippen molar-refractivity contribution in [2.45, 2.75) is 76.5 Å². The van der Waals surface area contributed by atoms with Crippen LogP contribution >= 0.6 is 0 Å². The van der Waals surface area contributed by atoms with Crippen LogP contribution in [0, 0.1) is 5.92 Å². The maximum atomic E-state index is 14.1. The van der Waals surface area contributed by atoms with Gasteiger partial charge in [-0.3, -0.25) is 24.1 Å². The second-order valence-electron chi connectivity index (χ2n) is 11.5. The molecular formula is C32H42N6O4. The SMILES string of the molecule is CC(C)C[C@H]1NC(=O)[C@H](Cc2c[nH]c3ccccc23)NC(=O)[C@@H](CCCCN)N(C(=O)[C@@H](N)Cc2ccccc2)C1=O. The summed E-state index contributed by atoms with van der Waals surface area (Å²) in [6, 6.07) is 12.9. The van der Waals surface area contributed by atoms with Crippen LogP contribution in [0.25, 0.3) is 10.9 Å². The van der Waals surface area contributed by atoms with Crippen LogP contribution < -0.4 is 22.1 Å². The number of imide groups is 1. The first-order valence-electron chi connectivity index (χ1n) is 14.7. The van der Waals surface area contributed by atoms with Crippen LogP contribution in [0.4, 0.5) is 0 Å². The molecule has 4 atom stereocenters. The minimum absolute atomic E-state index is 0.0290. The molecule has 0 aliphatic carbocycles. The Morgan fingerprint density at radius 2 is 1.62 bits per heavy atom. The van der Waals surface area contributed by atoms with Gasteiger partial charge in [-0.05, 0) is 61.8 Å². The van der Waals surface area contributed by atoms with E-state index in [1.165, 1.54) is 0 Å². The van der Waals surface area contributed by atoms with Crippen molar-refractivity contribution >= 4 is 34.5 Å². The lowest BCUT2D eigenvalue weighted by Crippen LogP contribution is -2.60. The van der Waals surface area contributed by atoms with E-state index in [0.717, 1.165) is 26.9 Å². The Balaban J connectivity index is 1.70. The number of nitrogens with one attached hydrogen (secondary N) is 3. The molecule has 1 aliphatic heterocycles. The molecule has 10 nitrogen and oxygen atoms in total. The Bertz CT molecular complexity index is 1390. The van der Waals surface area contributed by atoms with Crippen molar-refractivity contribution in [1.82, 2.24) is 20.5 Å². The van der Waals surface area contributed by atoms with Crippen LogP contribution in [-0.2, 0) is 32.0 Å². The zero-order chi connectivity index (χ0) is 30.2. The average molecular weight is 575 g/mol. The van der Waals surface area contributed by atoms with Crippen molar-refractivity contribution < 1.29 is 19.2 Å². The molecule has 4 rings (SSSR count). The predicted molar refractivity (Wildman–Crippen MR) is 162 cm³/mol. The number of aromatic nitrogens is 1. The Morgan fingerprint density at radius 1 is 0.929 bits per heavy atom. The lowest BCUT2D eigenvalue weighted by Gasteiger charge is -2.33. The van der Waals surface area contributed by atoms with E-state index in [2.05, 4.69) is 15.6 Å². The van der Waals surface area contributed by atoms with Crippen molar-refractivity contribution in [2.24, 2.45) is 17.4 Å². The molecular weight excluding hydrogens is 532 g/mol. The summed E-state index contributed by atoms with van der Waals surface area (Å²) in [5.41, 5.74) is 14.7. The molecule has 1 saturated heterocycles. The fourth-order valence-electron chi connectivity index (χ4n) is 5.54. The molecule has 1 fully saturated rings. The zero-order valence-corrected chi connectivity index (χ0v) is 24.3. The maximum Gasteiger partial charge on any atom is 0.252 e. The third-order valence-corrected chi connectivity index (χ3v) is 7.69. The van der Waals surface area contributed by atoms with Gasteiger partial charge in [0.1, 0.15) is 18.1 Å². The Hall–Kier alpha value is -4.02. The number of carbonyl (C=O) groups excluding carboxylic acids is 4. The number of hydrogen-bond donors (Lipinski definition) is 5. The minimum Gasteiger partial charge on any atom is -0.361 e. The Kier molecular flexibility index (Phi) is 10.5. The molecule has 0 radical (unpaired) electrons. The van der Waals surface area contributed by atoms with Gasteiger partial charge in [0.2, 0.25) is 17.7 Å². The number of benzene rings is 2. The number of nitrogens with zero attached hydrogens (tertiary/aromatic N) is 1. The number of aromatic amines is 1. The number of para-hydroxylation sites is 1. The molecule has 42 heavy (non-hydrogen) atoms.